The van der Waals surface area contributed by atoms with Gasteiger partial charge in [0.25, 0.3) is 5.91 Å². The molecule has 5 heterocycles. The monoisotopic (exact) mass is 559 g/mol. The van der Waals surface area contributed by atoms with Crippen molar-refractivity contribution in [2.75, 3.05) is 37.8 Å². The van der Waals surface area contributed by atoms with Crippen LogP contribution in [-0.2, 0) is 21.7 Å². The molecular formula is C23H28F3N5O4S2. The summed E-state index contributed by atoms with van der Waals surface area (Å²) < 4.78 is 66.7. The van der Waals surface area contributed by atoms with Gasteiger partial charge < -0.3 is 15.3 Å². The number of hydrogen-bond acceptors (Lipinski definition) is 8. The molecule has 202 valence electrons. The van der Waals surface area contributed by atoms with Crippen LogP contribution in [0, 0.1) is 0 Å². The number of amides is 1. The number of hydrogen-bond donors (Lipinski definition) is 2. The van der Waals surface area contributed by atoms with Crippen molar-refractivity contribution in [1.29, 1.82) is 0 Å². The Bertz CT molecular complexity index is 1300. The maximum Gasteiger partial charge on any atom is 0.420 e. The summed E-state index contributed by atoms with van der Waals surface area (Å²) in [5.41, 5.74) is -1.60. The van der Waals surface area contributed by atoms with E-state index in [9.17, 15) is 31.5 Å². The highest BCUT2D eigenvalue weighted by Crippen LogP contribution is 2.53. The lowest BCUT2D eigenvalue weighted by Crippen LogP contribution is -2.47. The summed E-state index contributed by atoms with van der Waals surface area (Å²) in [6.07, 6.45) is 0.829. The minimum absolute atomic E-state index is 0.0186. The largest absolute Gasteiger partial charge is 0.420 e. The van der Waals surface area contributed by atoms with Crippen LogP contribution in [0.2, 0.25) is 0 Å². The standard InChI is InChI=1S/C23H28F3N5O4S2/c1-37(34,35)30-9-4-14(5-10-30)28-21-27-13-16(23(24,25)26)18(29-21)17-12-15-19(36-17)22(7-11-32)6-2-3-8-31(22)20(15)33/h12-14,32H,2-11H2,1H3,(H,27,28,29). The molecule has 2 fully saturated rings. The van der Waals surface area contributed by atoms with E-state index in [1.165, 1.54) is 10.4 Å². The molecule has 0 aliphatic carbocycles. The van der Waals surface area contributed by atoms with Gasteiger partial charge >= 0.3 is 6.18 Å². The number of piperidine rings is 2. The van der Waals surface area contributed by atoms with Crippen LogP contribution >= 0.6 is 11.3 Å². The highest BCUT2D eigenvalue weighted by atomic mass is 32.2. The van der Waals surface area contributed by atoms with Gasteiger partial charge in [0.05, 0.1) is 27.9 Å². The third-order valence-corrected chi connectivity index (χ3v) is 10.1. The molecule has 0 aromatic carbocycles. The van der Waals surface area contributed by atoms with E-state index in [2.05, 4.69) is 15.3 Å². The van der Waals surface area contributed by atoms with Crippen molar-refractivity contribution in [3.8, 4) is 10.6 Å². The van der Waals surface area contributed by atoms with Crippen molar-refractivity contribution in [1.82, 2.24) is 19.2 Å². The first-order chi connectivity index (χ1) is 17.4. The first kappa shape index (κ1) is 26.3. The van der Waals surface area contributed by atoms with Crippen LogP contribution in [0.25, 0.3) is 10.6 Å². The second-order valence-electron chi connectivity index (χ2n) is 9.81. The Morgan fingerprint density at radius 2 is 1.97 bits per heavy atom. The highest BCUT2D eigenvalue weighted by molar-refractivity contribution is 7.88. The van der Waals surface area contributed by atoms with Gasteiger partial charge in [-0.2, -0.15) is 13.2 Å². The number of rotatable bonds is 6. The Labute approximate surface area is 216 Å². The number of carbonyl (C=O) groups is 1. The third-order valence-electron chi connectivity index (χ3n) is 7.48. The zero-order valence-electron chi connectivity index (χ0n) is 20.2. The Hall–Kier alpha value is -2.29. The molecule has 0 saturated carbocycles. The van der Waals surface area contributed by atoms with Crippen molar-refractivity contribution in [3.05, 3.63) is 28.3 Å². The highest BCUT2D eigenvalue weighted by Gasteiger charge is 2.52. The van der Waals surface area contributed by atoms with Crippen LogP contribution in [0.5, 0.6) is 0 Å². The first-order valence-corrected chi connectivity index (χ1v) is 14.8. The fourth-order valence-corrected chi connectivity index (χ4v) is 7.93. The maximum atomic E-state index is 14.0. The Morgan fingerprint density at radius 3 is 2.62 bits per heavy atom. The number of carbonyl (C=O) groups excluding carboxylic acids is 1. The Morgan fingerprint density at radius 1 is 1.24 bits per heavy atom. The van der Waals surface area contributed by atoms with Gasteiger partial charge in [-0.05, 0) is 44.6 Å². The van der Waals surface area contributed by atoms with Crippen molar-refractivity contribution < 1.29 is 31.5 Å². The minimum atomic E-state index is -4.70. The normalized spacial score (nSPS) is 23.3. The predicted octanol–water partition coefficient (Wildman–Crippen LogP) is 3.28. The van der Waals surface area contributed by atoms with E-state index in [0.717, 1.165) is 36.6 Å². The molecule has 0 radical (unpaired) electrons. The maximum absolute atomic E-state index is 14.0. The van der Waals surface area contributed by atoms with Crippen molar-refractivity contribution in [2.45, 2.75) is 56.3 Å². The molecule has 2 N–H and O–H groups in total. The molecule has 9 nitrogen and oxygen atoms in total. The van der Waals surface area contributed by atoms with Crippen LogP contribution in [0.1, 0.15) is 59.3 Å². The van der Waals surface area contributed by atoms with Gasteiger partial charge in [-0.1, -0.05) is 0 Å². The number of aliphatic hydroxyl groups excluding tert-OH is 1. The molecular weight excluding hydrogens is 531 g/mol. The van der Waals surface area contributed by atoms with Crippen molar-refractivity contribution in [3.63, 3.8) is 0 Å². The van der Waals surface area contributed by atoms with Crippen LogP contribution in [0.15, 0.2) is 12.3 Å². The van der Waals surface area contributed by atoms with E-state index >= 15 is 0 Å². The number of thiophene rings is 1. The average molecular weight is 560 g/mol. The van der Waals surface area contributed by atoms with Gasteiger partial charge in [0.1, 0.15) is 5.56 Å². The molecule has 3 aliphatic heterocycles. The summed E-state index contributed by atoms with van der Waals surface area (Å²) in [7, 11) is -3.30. The fraction of sp³-hybridized carbons (Fsp3) is 0.609. The Balaban J connectivity index is 1.48. The van der Waals surface area contributed by atoms with Crippen molar-refractivity contribution in [2.24, 2.45) is 0 Å². The molecule has 37 heavy (non-hydrogen) atoms. The lowest BCUT2D eigenvalue weighted by molar-refractivity contribution is -0.137. The SMILES string of the molecule is CS(=O)(=O)N1CCC(Nc2ncc(C(F)(F)F)c(-c3cc4c(s3)C3(CCO)CCCCN3C4=O)n2)CC1. The fourth-order valence-electron chi connectivity index (χ4n) is 5.65. The molecule has 2 saturated heterocycles. The number of fused-ring (bicyclic) bond motifs is 3. The van der Waals surface area contributed by atoms with Gasteiger partial charge in [0.2, 0.25) is 16.0 Å². The van der Waals surface area contributed by atoms with E-state index in [4.69, 9.17) is 0 Å². The van der Waals surface area contributed by atoms with E-state index in [1.807, 2.05) is 0 Å². The van der Waals surface area contributed by atoms with E-state index in [1.54, 1.807) is 4.90 Å². The van der Waals surface area contributed by atoms with Gasteiger partial charge in [-0.15, -0.1) is 11.3 Å². The van der Waals surface area contributed by atoms with Crippen LogP contribution < -0.4 is 5.32 Å². The molecule has 1 unspecified atom stereocenters. The number of nitrogens with one attached hydrogen (secondary N) is 1. The number of sulfonamides is 1. The van der Waals surface area contributed by atoms with Crippen LogP contribution in [0.3, 0.4) is 0 Å². The smallest absolute Gasteiger partial charge is 0.396 e. The molecule has 2 aromatic rings. The second-order valence-corrected chi connectivity index (χ2v) is 12.8. The lowest BCUT2D eigenvalue weighted by Gasteiger charge is -2.42. The lowest BCUT2D eigenvalue weighted by atomic mass is 9.84. The first-order valence-electron chi connectivity index (χ1n) is 12.2. The molecule has 14 heteroatoms. The van der Waals surface area contributed by atoms with Crippen molar-refractivity contribution >= 4 is 33.2 Å². The molecule has 1 atom stereocenters. The zero-order chi connectivity index (χ0) is 26.6. The molecule has 0 bridgehead atoms. The van der Waals surface area contributed by atoms with Gasteiger partial charge in [0.15, 0.2) is 0 Å². The third kappa shape index (κ3) is 4.72. The molecule has 0 spiro atoms. The average Bonchev–Trinajstić information content (AvgIpc) is 3.37. The number of aromatic nitrogens is 2. The summed E-state index contributed by atoms with van der Waals surface area (Å²) in [5, 5.41) is 12.8. The number of aliphatic hydroxyl groups is 1. The topological polar surface area (TPSA) is 116 Å². The molecule has 2 aromatic heterocycles. The predicted molar refractivity (Wildman–Crippen MR) is 132 cm³/mol. The summed E-state index contributed by atoms with van der Waals surface area (Å²) in [6, 6.07) is 1.30. The van der Waals surface area contributed by atoms with Gasteiger partial charge in [-0.25, -0.2) is 22.7 Å². The van der Waals surface area contributed by atoms with Crippen LogP contribution in [0.4, 0.5) is 19.1 Å². The van der Waals surface area contributed by atoms with E-state index < -0.39 is 27.3 Å². The second kappa shape index (κ2) is 9.47. The summed E-state index contributed by atoms with van der Waals surface area (Å²) in [6.45, 7) is 1.02. The van der Waals surface area contributed by atoms with Gasteiger partial charge in [-0.3, -0.25) is 4.79 Å². The quantitative estimate of drug-likeness (QED) is 0.558. The molecule has 3 aliphatic rings. The van der Waals surface area contributed by atoms with Crippen LogP contribution in [-0.4, -0.2) is 77.1 Å². The van der Waals surface area contributed by atoms with E-state index in [0.29, 0.717) is 55.8 Å². The number of halogens is 3. The van der Waals surface area contributed by atoms with E-state index in [-0.39, 0.29) is 35.1 Å². The summed E-state index contributed by atoms with van der Waals surface area (Å²) in [4.78, 5) is 24.0. The zero-order valence-corrected chi connectivity index (χ0v) is 21.8. The Kier molecular flexibility index (Phi) is 6.74. The molecule has 5 rings (SSSR count). The number of alkyl halides is 3. The minimum Gasteiger partial charge on any atom is -0.396 e. The number of nitrogens with zero attached hydrogens (tertiary/aromatic N) is 4. The molecule has 1 amide bonds. The summed E-state index contributed by atoms with van der Waals surface area (Å²) >= 11 is 1.13. The number of anilines is 1. The van der Waals surface area contributed by atoms with Gasteiger partial charge in [0, 0.05) is 43.4 Å². The summed E-state index contributed by atoms with van der Waals surface area (Å²) in [5.74, 6) is -0.200.